The summed E-state index contributed by atoms with van der Waals surface area (Å²) in [5.41, 5.74) is 1.77. The number of carbonyl (C=O) groups is 1. The van der Waals surface area contributed by atoms with Crippen molar-refractivity contribution >= 4 is 21.6 Å². The summed E-state index contributed by atoms with van der Waals surface area (Å²) in [5.74, 6) is 0.163. The van der Waals surface area contributed by atoms with Gasteiger partial charge in [-0.15, -0.1) is 0 Å². The number of rotatable bonds is 6. The van der Waals surface area contributed by atoms with Crippen LogP contribution in [0.1, 0.15) is 25.0 Å². The highest BCUT2D eigenvalue weighted by Crippen LogP contribution is 2.18. The maximum Gasteiger partial charge on any atom is 0.220 e. The summed E-state index contributed by atoms with van der Waals surface area (Å²) in [5, 5.41) is 2.93. The maximum atomic E-state index is 12.1. The van der Waals surface area contributed by atoms with E-state index in [2.05, 4.69) is 10.3 Å². The second-order valence-corrected chi connectivity index (χ2v) is 8.61. The highest BCUT2D eigenvalue weighted by atomic mass is 32.2. The van der Waals surface area contributed by atoms with Crippen LogP contribution in [-0.2, 0) is 21.2 Å². The smallest absolute Gasteiger partial charge is 0.220 e. The van der Waals surface area contributed by atoms with Gasteiger partial charge in [-0.3, -0.25) is 4.79 Å². The van der Waals surface area contributed by atoms with Gasteiger partial charge in [0.05, 0.1) is 11.9 Å². The molecule has 0 aliphatic carbocycles. The molecule has 1 aliphatic heterocycles. The number of sulfonamides is 1. The van der Waals surface area contributed by atoms with Crippen molar-refractivity contribution in [3.63, 3.8) is 0 Å². The molecule has 0 saturated carbocycles. The average molecular weight is 364 g/mol. The van der Waals surface area contributed by atoms with Gasteiger partial charge in [-0.1, -0.05) is 6.07 Å². The number of hydrogen-bond donors (Lipinski definition) is 1. The van der Waals surface area contributed by atoms with E-state index in [0.29, 0.717) is 32.5 Å². The fourth-order valence-electron chi connectivity index (χ4n) is 3.19. The van der Waals surface area contributed by atoms with E-state index in [1.54, 1.807) is 0 Å². The topological polar surface area (TPSA) is 83.8 Å². The van der Waals surface area contributed by atoms with Crippen LogP contribution in [0, 0.1) is 5.92 Å². The van der Waals surface area contributed by atoms with E-state index in [1.165, 1.54) is 10.6 Å². The Morgan fingerprint density at radius 1 is 1.40 bits per heavy atom. The SMILES string of the molecule is CS(=O)(=O)N1CCC[C@H](CNC(=O)CCc2cn3ccccc3n2)C1. The Kier molecular flexibility index (Phi) is 5.39. The molecule has 3 heterocycles. The fourth-order valence-corrected chi connectivity index (χ4v) is 4.13. The van der Waals surface area contributed by atoms with E-state index in [0.717, 1.165) is 24.2 Å². The number of piperidine rings is 1. The van der Waals surface area contributed by atoms with Gasteiger partial charge in [0.2, 0.25) is 15.9 Å². The first kappa shape index (κ1) is 17.9. The predicted octanol–water partition coefficient (Wildman–Crippen LogP) is 1.05. The number of fused-ring (bicyclic) bond motifs is 1. The molecule has 25 heavy (non-hydrogen) atoms. The van der Waals surface area contributed by atoms with E-state index in [9.17, 15) is 13.2 Å². The molecule has 0 aromatic carbocycles. The lowest BCUT2D eigenvalue weighted by atomic mass is 9.99. The van der Waals surface area contributed by atoms with E-state index in [1.807, 2.05) is 35.0 Å². The Hall–Kier alpha value is -1.93. The molecule has 1 N–H and O–H groups in total. The molecular weight excluding hydrogens is 340 g/mol. The van der Waals surface area contributed by atoms with Crippen molar-refractivity contribution in [2.75, 3.05) is 25.9 Å². The molecule has 0 radical (unpaired) electrons. The lowest BCUT2D eigenvalue weighted by molar-refractivity contribution is -0.121. The zero-order valence-electron chi connectivity index (χ0n) is 14.4. The highest BCUT2D eigenvalue weighted by molar-refractivity contribution is 7.88. The van der Waals surface area contributed by atoms with Crippen molar-refractivity contribution in [1.82, 2.24) is 19.0 Å². The van der Waals surface area contributed by atoms with Crippen molar-refractivity contribution < 1.29 is 13.2 Å². The van der Waals surface area contributed by atoms with Gasteiger partial charge >= 0.3 is 0 Å². The molecule has 8 heteroatoms. The van der Waals surface area contributed by atoms with Gasteiger partial charge in [-0.2, -0.15) is 0 Å². The molecule has 2 aromatic heterocycles. The molecule has 7 nitrogen and oxygen atoms in total. The average Bonchev–Trinajstić information content (AvgIpc) is 3.00. The molecule has 3 rings (SSSR count). The number of nitrogens with zero attached hydrogens (tertiary/aromatic N) is 3. The minimum Gasteiger partial charge on any atom is -0.356 e. The minimum atomic E-state index is -3.15. The summed E-state index contributed by atoms with van der Waals surface area (Å²) >= 11 is 0. The number of imidazole rings is 1. The van der Waals surface area contributed by atoms with Gasteiger partial charge in [0, 0.05) is 38.4 Å². The van der Waals surface area contributed by atoms with Crippen LogP contribution in [0.15, 0.2) is 30.6 Å². The van der Waals surface area contributed by atoms with Crippen molar-refractivity contribution in [2.45, 2.75) is 25.7 Å². The lowest BCUT2D eigenvalue weighted by Gasteiger charge is -2.30. The van der Waals surface area contributed by atoms with E-state index in [4.69, 9.17) is 0 Å². The Morgan fingerprint density at radius 3 is 3.00 bits per heavy atom. The van der Waals surface area contributed by atoms with E-state index in [-0.39, 0.29) is 11.8 Å². The van der Waals surface area contributed by atoms with Crippen LogP contribution in [0.3, 0.4) is 0 Å². The minimum absolute atomic E-state index is 0.0199. The molecule has 1 saturated heterocycles. The van der Waals surface area contributed by atoms with Crippen LogP contribution in [0.5, 0.6) is 0 Å². The molecule has 2 aromatic rings. The molecule has 1 atom stereocenters. The summed E-state index contributed by atoms with van der Waals surface area (Å²) < 4.78 is 26.7. The van der Waals surface area contributed by atoms with Gasteiger partial charge in [-0.05, 0) is 37.3 Å². The van der Waals surface area contributed by atoms with Gasteiger partial charge < -0.3 is 9.72 Å². The molecule has 0 bridgehead atoms. The quantitative estimate of drug-likeness (QED) is 0.831. The molecular formula is C17H24N4O3S. The van der Waals surface area contributed by atoms with Crippen LogP contribution >= 0.6 is 0 Å². The van der Waals surface area contributed by atoms with E-state index < -0.39 is 10.0 Å². The third kappa shape index (κ3) is 4.79. The standard InChI is InChI=1S/C17H24N4O3S/c1-25(23,24)21-10-4-5-14(12-21)11-18-17(22)8-7-15-13-20-9-3-2-6-16(20)19-15/h2-3,6,9,13-14H,4-5,7-8,10-12H2,1H3,(H,18,22)/t14-/m1/s1. The van der Waals surface area contributed by atoms with Crippen LogP contribution in [0.25, 0.3) is 5.65 Å². The number of carbonyl (C=O) groups excluding carboxylic acids is 1. The summed E-state index contributed by atoms with van der Waals surface area (Å²) in [6, 6.07) is 5.80. The Labute approximate surface area is 148 Å². The van der Waals surface area contributed by atoms with Crippen LogP contribution < -0.4 is 5.32 Å². The second kappa shape index (κ2) is 7.53. The van der Waals surface area contributed by atoms with E-state index >= 15 is 0 Å². The first-order valence-corrected chi connectivity index (χ1v) is 10.4. The Balaban J connectivity index is 1.45. The van der Waals surface area contributed by atoms with Gasteiger partial charge in [0.15, 0.2) is 0 Å². The Morgan fingerprint density at radius 2 is 2.24 bits per heavy atom. The summed E-state index contributed by atoms with van der Waals surface area (Å²) in [6.07, 6.45) is 7.87. The van der Waals surface area contributed by atoms with Crippen LogP contribution in [-0.4, -0.2) is 53.9 Å². The first-order valence-electron chi connectivity index (χ1n) is 8.56. The first-order chi connectivity index (χ1) is 11.9. The lowest BCUT2D eigenvalue weighted by Crippen LogP contribution is -2.43. The normalized spacial score (nSPS) is 19.2. The number of pyridine rings is 1. The zero-order chi connectivity index (χ0) is 17.9. The number of amides is 1. The molecule has 1 aliphatic rings. The largest absolute Gasteiger partial charge is 0.356 e. The number of nitrogens with one attached hydrogen (secondary N) is 1. The molecule has 136 valence electrons. The predicted molar refractivity (Wildman–Crippen MR) is 95.7 cm³/mol. The van der Waals surface area contributed by atoms with Crippen LogP contribution in [0.4, 0.5) is 0 Å². The third-order valence-corrected chi connectivity index (χ3v) is 5.83. The van der Waals surface area contributed by atoms with Crippen molar-refractivity contribution in [3.8, 4) is 0 Å². The number of aryl methyl sites for hydroxylation is 1. The number of aromatic nitrogens is 2. The highest BCUT2D eigenvalue weighted by Gasteiger charge is 2.25. The second-order valence-electron chi connectivity index (χ2n) is 6.63. The number of hydrogen-bond acceptors (Lipinski definition) is 4. The van der Waals surface area contributed by atoms with Crippen molar-refractivity contribution in [2.24, 2.45) is 5.92 Å². The third-order valence-electron chi connectivity index (χ3n) is 4.56. The van der Waals surface area contributed by atoms with Gasteiger partial charge in [-0.25, -0.2) is 17.7 Å². The monoisotopic (exact) mass is 364 g/mol. The molecule has 1 fully saturated rings. The zero-order valence-corrected chi connectivity index (χ0v) is 15.2. The maximum absolute atomic E-state index is 12.1. The fraction of sp³-hybridized carbons (Fsp3) is 0.529. The molecule has 1 amide bonds. The molecule has 0 unspecified atom stereocenters. The van der Waals surface area contributed by atoms with Gasteiger partial charge in [0.25, 0.3) is 0 Å². The summed E-state index contributed by atoms with van der Waals surface area (Å²) in [4.78, 5) is 16.6. The summed E-state index contributed by atoms with van der Waals surface area (Å²) in [6.45, 7) is 1.60. The van der Waals surface area contributed by atoms with Crippen molar-refractivity contribution in [1.29, 1.82) is 0 Å². The van der Waals surface area contributed by atoms with Crippen molar-refractivity contribution in [3.05, 3.63) is 36.3 Å². The summed E-state index contributed by atoms with van der Waals surface area (Å²) in [7, 11) is -3.15. The Bertz CT molecular complexity index is 813. The van der Waals surface area contributed by atoms with Crippen LogP contribution in [0.2, 0.25) is 0 Å². The van der Waals surface area contributed by atoms with Gasteiger partial charge in [0.1, 0.15) is 5.65 Å². The molecule has 0 spiro atoms.